The highest BCUT2D eigenvalue weighted by Gasteiger charge is 2.28. The lowest BCUT2D eigenvalue weighted by Gasteiger charge is -2.42. The van der Waals surface area contributed by atoms with Crippen molar-refractivity contribution in [1.29, 1.82) is 0 Å². The largest absolute Gasteiger partial charge is 0.496 e. The van der Waals surface area contributed by atoms with Crippen LogP contribution < -0.4 is 15.0 Å². The first kappa shape index (κ1) is 15.2. The van der Waals surface area contributed by atoms with Gasteiger partial charge >= 0.3 is 0 Å². The topological polar surface area (TPSA) is 24.5 Å². The minimum absolute atomic E-state index is 0.531. The lowest BCUT2D eigenvalue weighted by molar-refractivity contribution is 0.315. The predicted octanol–water partition coefficient (Wildman–Crippen LogP) is 3.22. The van der Waals surface area contributed by atoms with Gasteiger partial charge in [0.2, 0.25) is 0 Å². The molecule has 2 rings (SSSR count). The molecule has 1 saturated heterocycles. The molecule has 1 aromatic carbocycles. The third-order valence-corrected chi connectivity index (χ3v) is 4.64. The van der Waals surface area contributed by atoms with E-state index >= 15 is 0 Å². The third kappa shape index (κ3) is 3.09. The van der Waals surface area contributed by atoms with Crippen molar-refractivity contribution < 1.29 is 4.74 Å². The summed E-state index contributed by atoms with van der Waals surface area (Å²) in [5, 5.41) is 3.69. The number of nitrogens with one attached hydrogen (secondary N) is 1. The zero-order valence-corrected chi connectivity index (χ0v) is 13.4. The van der Waals surface area contributed by atoms with Gasteiger partial charge in [0.1, 0.15) is 5.75 Å². The van der Waals surface area contributed by atoms with E-state index in [9.17, 15) is 0 Å². The Bertz CT molecular complexity index is 447. The monoisotopic (exact) mass is 276 g/mol. The molecule has 1 aromatic rings. The zero-order valence-electron chi connectivity index (χ0n) is 13.4. The second kappa shape index (κ2) is 6.49. The summed E-state index contributed by atoms with van der Waals surface area (Å²) in [5.41, 5.74) is 2.52. The van der Waals surface area contributed by atoms with E-state index < -0.39 is 0 Å². The van der Waals surface area contributed by atoms with Crippen LogP contribution in [0.1, 0.15) is 32.8 Å². The molecule has 1 heterocycles. The summed E-state index contributed by atoms with van der Waals surface area (Å²) in [6.45, 7) is 11.2. The molecule has 112 valence electrons. The molecule has 3 nitrogen and oxygen atoms in total. The molecule has 3 heteroatoms. The fraction of sp³-hybridized carbons (Fsp3) is 0.647. The van der Waals surface area contributed by atoms with Crippen LogP contribution in [-0.2, 0) is 0 Å². The van der Waals surface area contributed by atoms with Crippen LogP contribution >= 0.6 is 0 Å². The molecule has 0 aromatic heterocycles. The van der Waals surface area contributed by atoms with Crippen LogP contribution in [0.25, 0.3) is 0 Å². The first-order valence-electron chi connectivity index (χ1n) is 7.71. The molecular formula is C17H28N2O. The maximum Gasteiger partial charge on any atom is 0.121 e. The third-order valence-electron chi connectivity index (χ3n) is 4.64. The number of rotatable bonds is 4. The Morgan fingerprint density at radius 1 is 1.45 bits per heavy atom. The highest BCUT2D eigenvalue weighted by molar-refractivity contribution is 5.54. The Labute approximate surface area is 123 Å². The van der Waals surface area contributed by atoms with Crippen molar-refractivity contribution in [2.45, 2.75) is 46.2 Å². The molecule has 0 saturated carbocycles. The smallest absolute Gasteiger partial charge is 0.121 e. The maximum atomic E-state index is 5.36. The van der Waals surface area contributed by atoms with Crippen molar-refractivity contribution in [2.75, 3.05) is 25.1 Å². The number of benzene rings is 1. The van der Waals surface area contributed by atoms with Gasteiger partial charge in [0.15, 0.2) is 0 Å². The Hall–Kier alpha value is -1.22. The molecule has 20 heavy (non-hydrogen) atoms. The van der Waals surface area contributed by atoms with Gasteiger partial charge in [0.25, 0.3) is 0 Å². The summed E-state index contributed by atoms with van der Waals surface area (Å²) in [7, 11) is 1.73. The summed E-state index contributed by atoms with van der Waals surface area (Å²) in [6.07, 6.45) is 1.22. The van der Waals surface area contributed by atoms with E-state index in [1.807, 2.05) is 0 Å². The molecule has 0 aliphatic carbocycles. The Morgan fingerprint density at radius 3 is 2.80 bits per heavy atom. The lowest BCUT2D eigenvalue weighted by atomic mass is 9.95. The normalized spacial score (nSPS) is 24.6. The standard InChI is InChI=1S/C17H28N2O/c1-6-12(2)16-11-19(14(4)10-18-16)15-7-8-17(20-5)13(3)9-15/h7-9,12,14,16,18H,6,10-11H2,1-5H3. The minimum Gasteiger partial charge on any atom is -0.496 e. The van der Waals surface area contributed by atoms with Crippen molar-refractivity contribution in [1.82, 2.24) is 5.32 Å². The SMILES string of the molecule is CCC(C)C1CN(c2ccc(OC)c(C)c2)C(C)CN1. The molecular weight excluding hydrogens is 248 g/mol. The lowest BCUT2D eigenvalue weighted by Crippen LogP contribution is -2.57. The molecule has 3 atom stereocenters. The van der Waals surface area contributed by atoms with E-state index in [-0.39, 0.29) is 0 Å². The number of hydrogen-bond donors (Lipinski definition) is 1. The first-order valence-corrected chi connectivity index (χ1v) is 7.71. The maximum absolute atomic E-state index is 5.36. The number of nitrogens with zero attached hydrogens (tertiary/aromatic N) is 1. The van der Waals surface area contributed by atoms with Crippen LogP contribution in [0.4, 0.5) is 5.69 Å². The molecule has 0 amide bonds. The number of ether oxygens (including phenoxy) is 1. The summed E-state index contributed by atoms with van der Waals surface area (Å²) in [6, 6.07) is 7.62. The summed E-state index contributed by atoms with van der Waals surface area (Å²) in [4.78, 5) is 2.53. The van der Waals surface area contributed by atoms with Crippen LogP contribution in [0, 0.1) is 12.8 Å². The van der Waals surface area contributed by atoms with Crippen molar-refractivity contribution in [3.05, 3.63) is 23.8 Å². The van der Waals surface area contributed by atoms with E-state index in [0.29, 0.717) is 18.0 Å². The molecule has 0 bridgehead atoms. The number of hydrogen-bond acceptors (Lipinski definition) is 3. The highest BCUT2D eigenvalue weighted by Crippen LogP contribution is 2.27. The quantitative estimate of drug-likeness (QED) is 0.914. The van der Waals surface area contributed by atoms with E-state index in [1.165, 1.54) is 17.7 Å². The average molecular weight is 276 g/mol. The van der Waals surface area contributed by atoms with Gasteiger partial charge in [-0.2, -0.15) is 0 Å². The molecule has 0 radical (unpaired) electrons. The predicted molar refractivity (Wildman–Crippen MR) is 85.8 cm³/mol. The van der Waals surface area contributed by atoms with Gasteiger partial charge in [-0.3, -0.25) is 0 Å². The molecule has 1 aliphatic heterocycles. The first-order chi connectivity index (χ1) is 9.56. The number of piperazine rings is 1. The van der Waals surface area contributed by atoms with Gasteiger partial charge in [0, 0.05) is 30.9 Å². The Kier molecular flexibility index (Phi) is 4.92. The van der Waals surface area contributed by atoms with Gasteiger partial charge in [-0.05, 0) is 43.5 Å². The second-order valence-corrected chi connectivity index (χ2v) is 6.06. The van der Waals surface area contributed by atoms with Gasteiger partial charge in [-0.25, -0.2) is 0 Å². The zero-order chi connectivity index (χ0) is 14.7. The fourth-order valence-electron chi connectivity index (χ4n) is 2.96. The van der Waals surface area contributed by atoms with E-state index in [2.05, 4.69) is 56.1 Å². The van der Waals surface area contributed by atoms with Crippen LogP contribution in [0.5, 0.6) is 5.75 Å². The van der Waals surface area contributed by atoms with Crippen molar-refractivity contribution >= 4 is 5.69 Å². The molecule has 3 unspecified atom stereocenters. The van der Waals surface area contributed by atoms with Crippen LogP contribution in [0.15, 0.2) is 18.2 Å². The molecule has 0 spiro atoms. The average Bonchev–Trinajstić information content (AvgIpc) is 2.46. The van der Waals surface area contributed by atoms with Gasteiger partial charge in [-0.1, -0.05) is 20.3 Å². The van der Waals surface area contributed by atoms with Crippen LogP contribution in [0.3, 0.4) is 0 Å². The van der Waals surface area contributed by atoms with Gasteiger partial charge in [-0.15, -0.1) is 0 Å². The highest BCUT2D eigenvalue weighted by atomic mass is 16.5. The van der Waals surface area contributed by atoms with Crippen molar-refractivity contribution in [2.24, 2.45) is 5.92 Å². The summed E-state index contributed by atoms with van der Waals surface area (Å²) < 4.78 is 5.36. The summed E-state index contributed by atoms with van der Waals surface area (Å²) >= 11 is 0. The number of methoxy groups -OCH3 is 1. The number of aryl methyl sites for hydroxylation is 1. The van der Waals surface area contributed by atoms with Gasteiger partial charge < -0.3 is 15.0 Å². The minimum atomic E-state index is 0.531. The van der Waals surface area contributed by atoms with Gasteiger partial charge in [0.05, 0.1) is 7.11 Å². The fourth-order valence-corrected chi connectivity index (χ4v) is 2.96. The van der Waals surface area contributed by atoms with E-state index in [4.69, 9.17) is 4.74 Å². The van der Waals surface area contributed by atoms with Crippen molar-refractivity contribution in [3.8, 4) is 5.75 Å². The molecule has 1 aliphatic rings. The van der Waals surface area contributed by atoms with E-state index in [0.717, 1.165) is 18.8 Å². The molecule has 1 fully saturated rings. The second-order valence-electron chi connectivity index (χ2n) is 6.06. The summed E-state index contributed by atoms with van der Waals surface area (Å²) in [5.74, 6) is 1.68. The van der Waals surface area contributed by atoms with E-state index in [1.54, 1.807) is 7.11 Å². The Balaban J connectivity index is 2.18. The van der Waals surface area contributed by atoms with Crippen LogP contribution in [0.2, 0.25) is 0 Å². The Morgan fingerprint density at radius 2 is 2.20 bits per heavy atom. The van der Waals surface area contributed by atoms with Crippen LogP contribution in [-0.4, -0.2) is 32.3 Å². The van der Waals surface area contributed by atoms with Crippen molar-refractivity contribution in [3.63, 3.8) is 0 Å². The number of anilines is 1. The molecule has 1 N–H and O–H groups in total.